The van der Waals surface area contributed by atoms with Crippen molar-refractivity contribution in [2.24, 2.45) is 4.99 Å². The number of nitrogens with one attached hydrogen (secondary N) is 3. The molecule has 0 aromatic heterocycles. The maximum atomic E-state index is 13.5. The molecule has 0 saturated carbocycles. The maximum absolute atomic E-state index is 13.5. The first-order chi connectivity index (χ1) is 11.9. The third-order valence-electron chi connectivity index (χ3n) is 3.57. The number of anilines is 1. The van der Waals surface area contributed by atoms with Crippen molar-refractivity contribution < 1.29 is 18.0 Å². The quantitative estimate of drug-likeness (QED) is 0.289. The second-order valence-electron chi connectivity index (χ2n) is 5.74. The van der Waals surface area contributed by atoms with Gasteiger partial charge in [-0.3, -0.25) is 9.79 Å². The first-order valence-electron chi connectivity index (χ1n) is 8.29. The fourth-order valence-corrected chi connectivity index (χ4v) is 2.18. The Balaban J connectivity index is 2.48. The SMILES string of the molecule is CCCCCC(C)NC(=NC)NCC(=O)Nc1ccc(F)c(F)c1F. The van der Waals surface area contributed by atoms with E-state index in [4.69, 9.17) is 0 Å². The topological polar surface area (TPSA) is 65.5 Å². The molecule has 8 heteroatoms. The number of benzene rings is 1. The molecule has 3 N–H and O–H groups in total. The van der Waals surface area contributed by atoms with Crippen LogP contribution < -0.4 is 16.0 Å². The predicted molar refractivity (Wildman–Crippen MR) is 93.0 cm³/mol. The van der Waals surface area contributed by atoms with Crippen molar-refractivity contribution in [3.63, 3.8) is 0 Å². The Morgan fingerprint density at radius 1 is 1.20 bits per heavy atom. The summed E-state index contributed by atoms with van der Waals surface area (Å²) >= 11 is 0. The molecule has 0 radical (unpaired) electrons. The van der Waals surface area contributed by atoms with Gasteiger partial charge >= 0.3 is 0 Å². The highest BCUT2D eigenvalue weighted by atomic mass is 19.2. The molecule has 1 aromatic rings. The number of hydrogen-bond acceptors (Lipinski definition) is 2. The molecule has 1 unspecified atom stereocenters. The highest BCUT2D eigenvalue weighted by molar-refractivity contribution is 5.95. The molecule has 1 amide bonds. The number of aliphatic imine (C=N–C) groups is 1. The summed E-state index contributed by atoms with van der Waals surface area (Å²) in [5.74, 6) is -4.53. The van der Waals surface area contributed by atoms with Gasteiger partial charge in [0.25, 0.3) is 0 Å². The summed E-state index contributed by atoms with van der Waals surface area (Å²) in [5, 5.41) is 8.13. The van der Waals surface area contributed by atoms with Crippen LogP contribution >= 0.6 is 0 Å². The van der Waals surface area contributed by atoms with E-state index in [0.717, 1.165) is 37.8 Å². The molecule has 0 bridgehead atoms. The van der Waals surface area contributed by atoms with E-state index in [1.54, 1.807) is 7.05 Å². The second-order valence-corrected chi connectivity index (χ2v) is 5.74. The maximum Gasteiger partial charge on any atom is 0.243 e. The van der Waals surface area contributed by atoms with Crippen molar-refractivity contribution in [2.75, 3.05) is 18.9 Å². The fraction of sp³-hybridized carbons (Fsp3) is 0.529. The molecule has 1 aromatic carbocycles. The lowest BCUT2D eigenvalue weighted by molar-refractivity contribution is -0.115. The van der Waals surface area contributed by atoms with Gasteiger partial charge in [-0.2, -0.15) is 0 Å². The van der Waals surface area contributed by atoms with Crippen LogP contribution in [0, 0.1) is 17.5 Å². The van der Waals surface area contributed by atoms with Crippen LogP contribution in [0.5, 0.6) is 0 Å². The Bertz CT molecular complexity index is 608. The van der Waals surface area contributed by atoms with Gasteiger partial charge in [-0.1, -0.05) is 26.2 Å². The van der Waals surface area contributed by atoms with Gasteiger partial charge in [0.2, 0.25) is 5.91 Å². The molecule has 25 heavy (non-hydrogen) atoms. The molecule has 0 aliphatic rings. The van der Waals surface area contributed by atoms with Gasteiger partial charge in [-0.05, 0) is 25.5 Å². The number of hydrogen-bond donors (Lipinski definition) is 3. The lowest BCUT2D eigenvalue weighted by atomic mass is 10.1. The minimum atomic E-state index is -1.62. The molecule has 140 valence electrons. The van der Waals surface area contributed by atoms with Crippen LogP contribution in [-0.2, 0) is 4.79 Å². The zero-order valence-corrected chi connectivity index (χ0v) is 14.8. The van der Waals surface area contributed by atoms with Crippen LogP contribution in [0.25, 0.3) is 0 Å². The van der Waals surface area contributed by atoms with Crippen molar-refractivity contribution in [2.45, 2.75) is 45.6 Å². The van der Waals surface area contributed by atoms with Crippen LogP contribution in [-0.4, -0.2) is 31.5 Å². The highest BCUT2D eigenvalue weighted by Crippen LogP contribution is 2.19. The van der Waals surface area contributed by atoms with Crippen molar-refractivity contribution in [3.8, 4) is 0 Å². The minimum absolute atomic E-state index is 0.185. The Hall–Kier alpha value is -2.25. The molecule has 5 nitrogen and oxygen atoms in total. The Kier molecular flexibility index (Phi) is 8.80. The summed E-state index contributed by atoms with van der Waals surface area (Å²) in [4.78, 5) is 15.8. The lowest BCUT2D eigenvalue weighted by Gasteiger charge is -2.17. The number of nitrogens with zero attached hydrogens (tertiary/aromatic N) is 1. The number of amides is 1. The zero-order chi connectivity index (χ0) is 18.8. The van der Waals surface area contributed by atoms with Crippen molar-refractivity contribution in [1.82, 2.24) is 10.6 Å². The van der Waals surface area contributed by atoms with Crippen molar-refractivity contribution in [1.29, 1.82) is 0 Å². The van der Waals surface area contributed by atoms with Gasteiger partial charge < -0.3 is 16.0 Å². The van der Waals surface area contributed by atoms with Crippen LogP contribution in [0.1, 0.15) is 39.5 Å². The molecular weight excluding hydrogens is 333 g/mol. The van der Waals surface area contributed by atoms with E-state index in [1.807, 2.05) is 6.92 Å². The molecule has 1 rings (SSSR count). The number of carbonyl (C=O) groups excluding carboxylic acids is 1. The molecule has 0 aliphatic carbocycles. The van der Waals surface area contributed by atoms with Gasteiger partial charge in [-0.25, -0.2) is 13.2 Å². The van der Waals surface area contributed by atoms with Crippen LogP contribution in [0.4, 0.5) is 18.9 Å². The van der Waals surface area contributed by atoms with Crippen LogP contribution in [0.15, 0.2) is 17.1 Å². The van der Waals surface area contributed by atoms with Gasteiger partial charge in [0.15, 0.2) is 23.4 Å². The third-order valence-corrected chi connectivity index (χ3v) is 3.57. The monoisotopic (exact) mass is 358 g/mol. The number of rotatable bonds is 8. The van der Waals surface area contributed by atoms with Crippen LogP contribution in [0.2, 0.25) is 0 Å². The zero-order valence-electron chi connectivity index (χ0n) is 14.8. The van der Waals surface area contributed by atoms with E-state index in [9.17, 15) is 18.0 Å². The van der Waals surface area contributed by atoms with E-state index in [-0.39, 0.29) is 12.6 Å². The first kappa shape index (κ1) is 20.8. The molecule has 1 atom stereocenters. The number of unbranched alkanes of at least 4 members (excludes halogenated alkanes) is 2. The van der Waals surface area contributed by atoms with E-state index >= 15 is 0 Å². The smallest absolute Gasteiger partial charge is 0.243 e. The summed E-state index contributed by atoms with van der Waals surface area (Å²) in [5.41, 5.74) is -0.415. The fourth-order valence-electron chi connectivity index (χ4n) is 2.18. The Labute approximate surface area is 146 Å². The van der Waals surface area contributed by atoms with E-state index in [0.29, 0.717) is 5.96 Å². The van der Waals surface area contributed by atoms with E-state index < -0.39 is 29.0 Å². The third kappa shape index (κ3) is 7.03. The van der Waals surface area contributed by atoms with Crippen LogP contribution in [0.3, 0.4) is 0 Å². The second kappa shape index (κ2) is 10.6. The standard InChI is InChI=1S/C17H25F3N4O/c1-4-5-6-7-11(2)23-17(21-3)22-10-14(25)24-13-9-8-12(18)15(19)16(13)20/h8-9,11H,4-7,10H2,1-3H3,(H,24,25)(H2,21,22,23). The largest absolute Gasteiger partial charge is 0.354 e. The molecule has 0 saturated heterocycles. The number of halogens is 3. The average molecular weight is 358 g/mol. The number of carbonyl (C=O) groups is 1. The summed E-state index contributed by atoms with van der Waals surface area (Å²) in [6.45, 7) is 3.95. The first-order valence-corrected chi connectivity index (χ1v) is 8.29. The van der Waals surface area contributed by atoms with Gasteiger partial charge in [-0.15, -0.1) is 0 Å². The molecule has 0 spiro atoms. The molecule has 0 aliphatic heterocycles. The van der Waals surface area contributed by atoms with E-state index in [1.165, 1.54) is 0 Å². The summed E-state index contributed by atoms with van der Waals surface area (Å²) in [6.07, 6.45) is 4.36. The lowest BCUT2D eigenvalue weighted by Crippen LogP contribution is -2.45. The van der Waals surface area contributed by atoms with Gasteiger partial charge in [0, 0.05) is 13.1 Å². The van der Waals surface area contributed by atoms with Crippen molar-refractivity contribution >= 4 is 17.6 Å². The predicted octanol–water partition coefficient (Wildman–Crippen LogP) is 3.18. The summed E-state index contributed by atoms with van der Waals surface area (Å²) in [6, 6.07) is 1.90. The minimum Gasteiger partial charge on any atom is -0.354 e. The summed E-state index contributed by atoms with van der Waals surface area (Å²) in [7, 11) is 1.57. The Morgan fingerprint density at radius 2 is 1.92 bits per heavy atom. The molecule has 0 heterocycles. The highest BCUT2D eigenvalue weighted by Gasteiger charge is 2.15. The Morgan fingerprint density at radius 3 is 2.56 bits per heavy atom. The van der Waals surface area contributed by atoms with Gasteiger partial charge in [0.05, 0.1) is 12.2 Å². The van der Waals surface area contributed by atoms with Gasteiger partial charge in [0.1, 0.15) is 0 Å². The number of guanidine groups is 1. The normalized spacial score (nSPS) is 12.6. The molecular formula is C17H25F3N4O. The van der Waals surface area contributed by atoms with E-state index in [2.05, 4.69) is 27.9 Å². The van der Waals surface area contributed by atoms with Crippen molar-refractivity contribution in [3.05, 3.63) is 29.6 Å². The summed E-state index contributed by atoms with van der Waals surface area (Å²) < 4.78 is 39.5. The molecule has 0 fully saturated rings. The average Bonchev–Trinajstić information content (AvgIpc) is 2.59.